The molecule has 1 aromatic carbocycles. The van der Waals surface area contributed by atoms with Gasteiger partial charge >= 0.3 is 0 Å². The van der Waals surface area contributed by atoms with Crippen LogP contribution in [0.15, 0.2) is 48.7 Å². The summed E-state index contributed by atoms with van der Waals surface area (Å²) in [5, 5.41) is 0. The van der Waals surface area contributed by atoms with Crippen LogP contribution in [0, 0.1) is 11.8 Å². The smallest absolute Gasteiger partial charge is 0.213 e. The van der Waals surface area contributed by atoms with E-state index in [-0.39, 0.29) is 0 Å². The normalized spacial score (nSPS) is 15.0. The zero-order valence-corrected chi connectivity index (χ0v) is 12.1. The fourth-order valence-corrected chi connectivity index (χ4v) is 2.54. The van der Waals surface area contributed by atoms with Crippen LogP contribution in [0.25, 0.3) is 0 Å². The summed E-state index contributed by atoms with van der Waals surface area (Å²) < 4.78 is 5.91. The molecule has 2 aromatic rings. The molecule has 1 saturated carbocycles. The van der Waals surface area contributed by atoms with Crippen molar-refractivity contribution in [2.45, 2.75) is 38.2 Å². The number of rotatable bonds is 2. The number of nitrogens with zero attached hydrogens (tertiary/aromatic N) is 1. The van der Waals surface area contributed by atoms with Crippen LogP contribution >= 0.6 is 0 Å². The summed E-state index contributed by atoms with van der Waals surface area (Å²) in [6.07, 6.45) is 8.30. The Labute approximate surface area is 126 Å². The Hall–Kier alpha value is -2.27. The molecule has 21 heavy (non-hydrogen) atoms. The molecule has 1 aliphatic carbocycles. The minimum Gasteiger partial charge on any atom is -0.474 e. The van der Waals surface area contributed by atoms with E-state index in [1.807, 2.05) is 42.5 Å². The summed E-state index contributed by atoms with van der Waals surface area (Å²) in [5.41, 5.74) is 1.93. The van der Waals surface area contributed by atoms with Crippen LogP contribution in [0.3, 0.4) is 0 Å². The van der Waals surface area contributed by atoms with Crippen molar-refractivity contribution in [3.63, 3.8) is 0 Å². The number of aromatic nitrogens is 1. The molecule has 1 fully saturated rings. The third kappa shape index (κ3) is 4.10. The van der Waals surface area contributed by atoms with Crippen molar-refractivity contribution in [1.82, 2.24) is 4.98 Å². The lowest BCUT2D eigenvalue weighted by molar-refractivity contribution is 0.148. The van der Waals surface area contributed by atoms with E-state index in [1.54, 1.807) is 6.20 Å². The molecule has 106 valence electrons. The maximum absolute atomic E-state index is 5.91. The number of pyridine rings is 1. The lowest BCUT2D eigenvalue weighted by Crippen LogP contribution is -2.20. The summed E-state index contributed by atoms with van der Waals surface area (Å²) in [6, 6.07) is 13.9. The van der Waals surface area contributed by atoms with Crippen molar-refractivity contribution >= 4 is 0 Å². The Morgan fingerprint density at radius 1 is 0.857 bits per heavy atom. The third-order valence-corrected chi connectivity index (χ3v) is 3.70. The van der Waals surface area contributed by atoms with E-state index in [0.717, 1.165) is 24.0 Å². The predicted octanol–water partition coefficient (Wildman–Crippen LogP) is 4.19. The number of hydrogen-bond acceptors (Lipinski definition) is 2. The second kappa shape index (κ2) is 6.95. The van der Waals surface area contributed by atoms with Crippen molar-refractivity contribution in [3.8, 4) is 17.7 Å². The summed E-state index contributed by atoms with van der Waals surface area (Å²) in [7, 11) is 0. The molecule has 2 heteroatoms. The van der Waals surface area contributed by atoms with E-state index in [9.17, 15) is 0 Å². The first kappa shape index (κ1) is 13.7. The van der Waals surface area contributed by atoms with Gasteiger partial charge in [0, 0.05) is 23.4 Å². The van der Waals surface area contributed by atoms with Crippen molar-refractivity contribution in [1.29, 1.82) is 0 Å². The zero-order valence-electron chi connectivity index (χ0n) is 12.1. The second-order valence-corrected chi connectivity index (χ2v) is 5.38. The van der Waals surface area contributed by atoms with Gasteiger partial charge in [0.1, 0.15) is 6.10 Å². The molecule has 3 rings (SSSR count). The standard InChI is InChI=1S/C19H19NO/c1-3-7-16(8-4-1)11-12-17-13-14-19(20-15-17)21-18-9-5-2-6-10-18/h1,3-4,7-8,13-15,18H,2,5-6,9-10H2. The molecule has 0 unspecified atom stereocenters. The van der Waals surface area contributed by atoms with E-state index in [2.05, 4.69) is 16.8 Å². The van der Waals surface area contributed by atoms with Gasteiger partial charge in [-0.2, -0.15) is 0 Å². The highest BCUT2D eigenvalue weighted by Gasteiger charge is 2.14. The fourth-order valence-electron chi connectivity index (χ4n) is 2.54. The van der Waals surface area contributed by atoms with Crippen LogP contribution in [0.4, 0.5) is 0 Å². The molecule has 0 N–H and O–H groups in total. The van der Waals surface area contributed by atoms with E-state index in [1.165, 1.54) is 19.3 Å². The molecule has 1 heterocycles. The van der Waals surface area contributed by atoms with Crippen LogP contribution in [0.5, 0.6) is 5.88 Å². The fraction of sp³-hybridized carbons (Fsp3) is 0.316. The Morgan fingerprint density at radius 3 is 2.33 bits per heavy atom. The van der Waals surface area contributed by atoms with E-state index in [0.29, 0.717) is 12.0 Å². The molecule has 0 saturated heterocycles. The summed E-state index contributed by atoms with van der Waals surface area (Å²) >= 11 is 0. The molecule has 0 spiro atoms. The molecular weight excluding hydrogens is 258 g/mol. The van der Waals surface area contributed by atoms with Gasteiger partial charge in [0.15, 0.2) is 0 Å². The van der Waals surface area contributed by atoms with Crippen LogP contribution in [0.2, 0.25) is 0 Å². The van der Waals surface area contributed by atoms with Gasteiger partial charge in [-0.3, -0.25) is 0 Å². The van der Waals surface area contributed by atoms with Crippen LogP contribution in [-0.2, 0) is 0 Å². The molecule has 0 radical (unpaired) electrons. The topological polar surface area (TPSA) is 22.1 Å². The van der Waals surface area contributed by atoms with Crippen LogP contribution in [-0.4, -0.2) is 11.1 Å². The third-order valence-electron chi connectivity index (χ3n) is 3.70. The number of benzene rings is 1. The maximum atomic E-state index is 5.91. The Balaban J connectivity index is 1.63. The molecule has 0 bridgehead atoms. The average Bonchev–Trinajstić information content (AvgIpc) is 2.56. The highest BCUT2D eigenvalue weighted by molar-refractivity contribution is 5.42. The van der Waals surface area contributed by atoms with Gasteiger partial charge in [0.2, 0.25) is 5.88 Å². The molecule has 1 aromatic heterocycles. The number of hydrogen-bond donors (Lipinski definition) is 0. The van der Waals surface area contributed by atoms with Crippen LogP contribution < -0.4 is 4.74 Å². The quantitative estimate of drug-likeness (QED) is 0.768. The van der Waals surface area contributed by atoms with E-state index >= 15 is 0 Å². The second-order valence-electron chi connectivity index (χ2n) is 5.38. The number of ether oxygens (including phenoxy) is 1. The van der Waals surface area contributed by atoms with Crippen molar-refractivity contribution < 1.29 is 4.74 Å². The molecule has 2 nitrogen and oxygen atoms in total. The molecule has 0 amide bonds. The van der Waals surface area contributed by atoms with Crippen molar-refractivity contribution in [2.24, 2.45) is 0 Å². The summed E-state index contributed by atoms with van der Waals surface area (Å²) in [5.74, 6) is 6.97. The van der Waals surface area contributed by atoms with Crippen molar-refractivity contribution in [3.05, 3.63) is 59.8 Å². The van der Waals surface area contributed by atoms with Gasteiger partial charge in [-0.15, -0.1) is 0 Å². The van der Waals surface area contributed by atoms with Gasteiger partial charge < -0.3 is 4.74 Å². The maximum Gasteiger partial charge on any atom is 0.213 e. The highest BCUT2D eigenvalue weighted by Crippen LogP contribution is 2.22. The van der Waals surface area contributed by atoms with E-state index in [4.69, 9.17) is 4.74 Å². The minimum atomic E-state index is 0.340. The molecule has 0 atom stereocenters. The molecule has 0 aliphatic heterocycles. The first-order valence-corrected chi connectivity index (χ1v) is 7.60. The van der Waals surface area contributed by atoms with Crippen molar-refractivity contribution in [2.75, 3.05) is 0 Å². The van der Waals surface area contributed by atoms with Gasteiger partial charge in [-0.1, -0.05) is 36.5 Å². The summed E-state index contributed by atoms with van der Waals surface area (Å²) in [6.45, 7) is 0. The Morgan fingerprint density at radius 2 is 1.62 bits per heavy atom. The largest absolute Gasteiger partial charge is 0.474 e. The monoisotopic (exact) mass is 277 g/mol. The first-order valence-electron chi connectivity index (χ1n) is 7.60. The minimum absolute atomic E-state index is 0.340. The lowest BCUT2D eigenvalue weighted by Gasteiger charge is -2.22. The predicted molar refractivity (Wildman–Crippen MR) is 84.2 cm³/mol. The van der Waals surface area contributed by atoms with Gasteiger partial charge in [0.25, 0.3) is 0 Å². The Bertz CT molecular complexity index is 616. The molecular formula is C19H19NO. The summed E-state index contributed by atoms with van der Waals surface area (Å²) in [4.78, 5) is 4.36. The van der Waals surface area contributed by atoms with Gasteiger partial charge in [-0.05, 0) is 43.9 Å². The lowest BCUT2D eigenvalue weighted by atomic mass is 9.98. The van der Waals surface area contributed by atoms with Gasteiger partial charge in [0.05, 0.1) is 0 Å². The average molecular weight is 277 g/mol. The highest BCUT2D eigenvalue weighted by atomic mass is 16.5. The van der Waals surface area contributed by atoms with Gasteiger partial charge in [-0.25, -0.2) is 4.98 Å². The molecule has 1 aliphatic rings. The van der Waals surface area contributed by atoms with Crippen LogP contribution in [0.1, 0.15) is 43.2 Å². The SMILES string of the molecule is C(#Cc1ccc(OC2CCCCC2)nc1)c1ccccc1. The van der Waals surface area contributed by atoms with E-state index < -0.39 is 0 Å². The zero-order chi connectivity index (χ0) is 14.3. The first-order chi connectivity index (χ1) is 10.4. The Kier molecular flexibility index (Phi) is 4.53.